The zero-order chi connectivity index (χ0) is 25.9. The second-order valence-corrected chi connectivity index (χ2v) is 8.87. The summed E-state index contributed by atoms with van der Waals surface area (Å²) in [6, 6.07) is 15.7. The number of nitrogens with zero attached hydrogens (tertiary/aromatic N) is 6. The number of carbonyl (C=O) groups is 1. The van der Waals surface area contributed by atoms with Crippen molar-refractivity contribution in [2.24, 2.45) is 0 Å². The SMILES string of the molecule is O=C(O)CNc1ccc(-c2cnc(N3CCOCC3)c3nc(C=Cc4ccc5ccccc5n4)cn23)cn1. The molecule has 1 aromatic carbocycles. The van der Waals surface area contributed by atoms with Crippen LogP contribution in [0.4, 0.5) is 11.6 Å². The number of fused-ring (bicyclic) bond motifs is 2. The van der Waals surface area contributed by atoms with Gasteiger partial charge < -0.3 is 20.1 Å². The Morgan fingerprint density at radius 1 is 0.974 bits per heavy atom. The number of hydrogen-bond acceptors (Lipinski definition) is 8. The summed E-state index contributed by atoms with van der Waals surface area (Å²) >= 11 is 0. The molecule has 38 heavy (non-hydrogen) atoms. The number of ether oxygens (including phenoxy) is 1. The smallest absolute Gasteiger partial charge is 0.322 e. The fourth-order valence-corrected chi connectivity index (χ4v) is 4.44. The average molecular weight is 508 g/mol. The van der Waals surface area contributed by atoms with Gasteiger partial charge in [0, 0.05) is 36.4 Å². The standard InChI is InChI=1S/C28H25N7O3/c36-26(37)17-30-25-10-6-20(15-29-25)24-16-31-27(34-11-13-38-14-12-34)28-33-22(18-35(24)28)9-8-21-7-5-19-3-1-2-4-23(19)32-21/h1-10,15-16,18H,11-14,17H2,(H,29,30)(H,36,37). The highest BCUT2D eigenvalue weighted by Gasteiger charge is 2.19. The molecule has 1 aliphatic rings. The predicted molar refractivity (Wildman–Crippen MR) is 146 cm³/mol. The van der Waals surface area contributed by atoms with Crippen molar-refractivity contribution in [3.05, 3.63) is 78.5 Å². The Labute approximate surface area is 218 Å². The van der Waals surface area contributed by atoms with Gasteiger partial charge >= 0.3 is 5.97 Å². The Hall–Kier alpha value is -4.83. The number of carboxylic acid groups (broad SMARTS) is 1. The van der Waals surface area contributed by atoms with E-state index in [0.29, 0.717) is 19.0 Å². The van der Waals surface area contributed by atoms with E-state index in [1.54, 1.807) is 12.3 Å². The Morgan fingerprint density at radius 2 is 1.82 bits per heavy atom. The number of imidazole rings is 1. The second-order valence-electron chi connectivity index (χ2n) is 8.87. The molecule has 0 amide bonds. The van der Waals surface area contributed by atoms with Crippen molar-refractivity contribution in [3.63, 3.8) is 0 Å². The van der Waals surface area contributed by atoms with Gasteiger partial charge in [-0.05, 0) is 36.4 Å². The lowest BCUT2D eigenvalue weighted by atomic mass is 10.2. The molecule has 0 bridgehead atoms. The molecule has 0 spiro atoms. The highest BCUT2D eigenvalue weighted by atomic mass is 16.5. The first-order valence-corrected chi connectivity index (χ1v) is 12.3. The molecule has 5 heterocycles. The number of aromatic nitrogens is 5. The number of hydrogen-bond donors (Lipinski definition) is 2. The summed E-state index contributed by atoms with van der Waals surface area (Å²) in [6.07, 6.45) is 9.40. The lowest BCUT2D eigenvalue weighted by Gasteiger charge is -2.28. The van der Waals surface area contributed by atoms with Crippen molar-refractivity contribution in [1.82, 2.24) is 24.3 Å². The van der Waals surface area contributed by atoms with Gasteiger partial charge in [0.1, 0.15) is 12.4 Å². The molecule has 1 fully saturated rings. The molecule has 10 heteroatoms. The molecule has 2 N–H and O–H groups in total. The van der Waals surface area contributed by atoms with Gasteiger partial charge in [0.25, 0.3) is 0 Å². The van der Waals surface area contributed by atoms with Crippen LogP contribution in [-0.2, 0) is 9.53 Å². The quantitative estimate of drug-likeness (QED) is 0.339. The van der Waals surface area contributed by atoms with Crippen LogP contribution in [0.2, 0.25) is 0 Å². The fraction of sp³-hybridized carbons (Fsp3) is 0.179. The van der Waals surface area contributed by atoms with Crippen LogP contribution in [0.1, 0.15) is 11.4 Å². The summed E-state index contributed by atoms with van der Waals surface area (Å²) < 4.78 is 7.55. The number of benzene rings is 1. The van der Waals surface area contributed by atoms with Crippen LogP contribution >= 0.6 is 0 Å². The second kappa shape index (κ2) is 10.3. The molecule has 1 aliphatic heterocycles. The van der Waals surface area contributed by atoms with Crippen molar-refractivity contribution >= 4 is 46.3 Å². The first-order chi connectivity index (χ1) is 18.6. The molecule has 1 saturated heterocycles. The minimum absolute atomic E-state index is 0.199. The van der Waals surface area contributed by atoms with E-state index in [0.717, 1.165) is 58.1 Å². The predicted octanol–water partition coefficient (Wildman–Crippen LogP) is 3.84. The summed E-state index contributed by atoms with van der Waals surface area (Å²) in [5, 5.41) is 12.8. The van der Waals surface area contributed by atoms with E-state index < -0.39 is 5.97 Å². The third-order valence-corrected chi connectivity index (χ3v) is 6.33. The summed E-state index contributed by atoms with van der Waals surface area (Å²) in [7, 11) is 0. The molecule has 0 atom stereocenters. The minimum Gasteiger partial charge on any atom is -0.480 e. The monoisotopic (exact) mass is 507 g/mol. The molecule has 0 aliphatic carbocycles. The van der Waals surface area contributed by atoms with Crippen molar-refractivity contribution in [2.75, 3.05) is 43.1 Å². The average Bonchev–Trinajstić information content (AvgIpc) is 3.39. The lowest BCUT2D eigenvalue weighted by Crippen LogP contribution is -2.37. The zero-order valence-corrected chi connectivity index (χ0v) is 20.5. The van der Waals surface area contributed by atoms with E-state index in [4.69, 9.17) is 24.8 Å². The number of aliphatic carboxylic acids is 1. The van der Waals surface area contributed by atoms with E-state index in [-0.39, 0.29) is 6.54 Å². The number of para-hydroxylation sites is 1. The Bertz CT molecular complexity index is 1640. The molecule has 4 aromatic heterocycles. The van der Waals surface area contributed by atoms with Crippen molar-refractivity contribution < 1.29 is 14.6 Å². The molecule has 5 aromatic rings. The van der Waals surface area contributed by atoms with E-state index in [1.165, 1.54) is 0 Å². The summed E-state index contributed by atoms with van der Waals surface area (Å²) in [6.45, 7) is 2.58. The number of rotatable bonds is 7. The van der Waals surface area contributed by atoms with E-state index >= 15 is 0 Å². The van der Waals surface area contributed by atoms with Gasteiger partial charge in [0.15, 0.2) is 11.5 Å². The van der Waals surface area contributed by atoms with Crippen molar-refractivity contribution in [2.45, 2.75) is 0 Å². The topological polar surface area (TPSA) is 118 Å². The molecule has 6 rings (SSSR count). The number of nitrogens with one attached hydrogen (secondary N) is 1. The van der Waals surface area contributed by atoms with Crippen LogP contribution in [0, 0.1) is 0 Å². The van der Waals surface area contributed by atoms with Crippen LogP contribution in [0.15, 0.2) is 67.1 Å². The van der Waals surface area contributed by atoms with Gasteiger partial charge in [-0.1, -0.05) is 24.3 Å². The third-order valence-electron chi connectivity index (χ3n) is 6.33. The van der Waals surface area contributed by atoms with Crippen LogP contribution in [-0.4, -0.2) is 68.3 Å². The fourth-order valence-electron chi connectivity index (χ4n) is 4.44. The molecular formula is C28H25N7O3. The van der Waals surface area contributed by atoms with Crippen molar-refractivity contribution in [3.8, 4) is 11.3 Å². The highest BCUT2D eigenvalue weighted by molar-refractivity contribution is 5.81. The van der Waals surface area contributed by atoms with Gasteiger partial charge in [0.2, 0.25) is 0 Å². The Balaban J connectivity index is 1.37. The van der Waals surface area contributed by atoms with Crippen LogP contribution in [0.25, 0.3) is 40.0 Å². The zero-order valence-electron chi connectivity index (χ0n) is 20.5. The maximum absolute atomic E-state index is 10.8. The maximum atomic E-state index is 10.8. The molecule has 0 unspecified atom stereocenters. The molecule has 0 radical (unpaired) electrons. The number of anilines is 2. The lowest BCUT2D eigenvalue weighted by molar-refractivity contribution is -0.134. The van der Waals surface area contributed by atoms with Gasteiger partial charge in [-0.2, -0.15) is 0 Å². The van der Waals surface area contributed by atoms with Crippen LogP contribution in [0.3, 0.4) is 0 Å². The van der Waals surface area contributed by atoms with Crippen LogP contribution in [0.5, 0.6) is 0 Å². The first kappa shape index (κ1) is 23.6. The largest absolute Gasteiger partial charge is 0.480 e. The molecule has 0 saturated carbocycles. The van der Waals surface area contributed by atoms with Crippen molar-refractivity contribution in [1.29, 1.82) is 0 Å². The number of carboxylic acids is 1. The minimum atomic E-state index is -0.946. The Morgan fingerprint density at radius 3 is 2.63 bits per heavy atom. The van der Waals surface area contributed by atoms with E-state index in [2.05, 4.69) is 21.3 Å². The first-order valence-electron chi connectivity index (χ1n) is 12.3. The van der Waals surface area contributed by atoms with Crippen LogP contribution < -0.4 is 10.2 Å². The number of morpholine rings is 1. The summed E-state index contributed by atoms with van der Waals surface area (Å²) in [5.74, 6) is 0.342. The maximum Gasteiger partial charge on any atom is 0.322 e. The molecule has 10 nitrogen and oxygen atoms in total. The van der Waals surface area contributed by atoms with Gasteiger partial charge in [0.05, 0.1) is 42.0 Å². The number of pyridine rings is 2. The summed E-state index contributed by atoms with van der Waals surface area (Å²) in [4.78, 5) is 31.8. The molecular weight excluding hydrogens is 482 g/mol. The third kappa shape index (κ3) is 4.89. The van der Waals surface area contributed by atoms with E-state index in [1.807, 2.05) is 65.3 Å². The highest BCUT2D eigenvalue weighted by Crippen LogP contribution is 2.27. The Kier molecular flexibility index (Phi) is 6.37. The molecule has 190 valence electrons. The summed E-state index contributed by atoms with van der Waals surface area (Å²) in [5.41, 5.74) is 4.96. The van der Waals surface area contributed by atoms with Gasteiger partial charge in [-0.3, -0.25) is 9.20 Å². The van der Waals surface area contributed by atoms with Gasteiger partial charge in [-0.15, -0.1) is 0 Å². The normalized spacial score (nSPS) is 13.9. The van der Waals surface area contributed by atoms with E-state index in [9.17, 15) is 4.79 Å². The van der Waals surface area contributed by atoms with Gasteiger partial charge in [-0.25, -0.2) is 19.9 Å².